The second kappa shape index (κ2) is 5.24. The molecule has 21 heavy (non-hydrogen) atoms. The van der Waals surface area contributed by atoms with Gasteiger partial charge in [0.2, 0.25) is 0 Å². The molecule has 0 aromatic heterocycles. The Morgan fingerprint density at radius 2 is 1.90 bits per heavy atom. The van der Waals surface area contributed by atoms with Gasteiger partial charge in [0.1, 0.15) is 5.84 Å². The van der Waals surface area contributed by atoms with E-state index in [1.54, 1.807) is 0 Å². The van der Waals surface area contributed by atoms with E-state index in [4.69, 9.17) is 16.0 Å². The molecule has 1 aliphatic heterocycles. The SMILES string of the molecule is C=S1(=C)N=C(Cc2ccccc2)Nc2cc(Cl)c(C)cc21. The molecule has 108 valence electrons. The third-order valence-corrected chi connectivity index (χ3v) is 5.58. The number of fused-ring (bicyclic) bond motifs is 1. The van der Waals surface area contributed by atoms with Crippen LogP contribution in [-0.4, -0.2) is 17.6 Å². The molecule has 2 nitrogen and oxygen atoms in total. The standard InChI is InChI=1S/C17H17ClN2S/c1-12-9-16-15(11-14(12)18)19-17(20-21(16,2)3)10-13-7-5-4-6-8-13/h4-9,11H,2-3,10H2,1H3,(H,19,20). The maximum Gasteiger partial charge on any atom is 0.118 e. The van der Waals surface area contributed by atoms with Crippen LogP contribution in [0, 0.1) is 6.92 Å². The zero-order valence-electron chi connectivity index (χ0n) is 11.9. The summed E-state index contributed by atoms with van der Waals surface area (Å²) >= 11 is 6.24. The van der Waals surface area contributed by atoms with Gasteiger partial charge in [0.25, 0.3) is 0 Å². The number of nitrogens with one attached hydrogen (secondary N) is 1. The number of nitrogens with zero attached hydrogens (tertiary/aromatic N) is 1. The lowest BCUT2D eigenvalue weighted by Crippen LogP contribution is -2.19. The van der Waals surface area contributed by atoms with E-state index in [2.05, 4.69) is 29.2 Å². The summed E-state index contributed by atoms with van der Waals surface area (Å²) in [5.74, 6) is 9.37. The smallest absolute Gasteiger partial charge is 0.118 e. The maximum atomic E-state index is 6.24. The molecule has 0 spiro atoms. The maximum absolute atomic E-state index is 6.24. The van der Waals surface area contributed by atoms with Crippen molar-refractivity contribution in [2.75, 3.05) is 5.32 Å². The zero-order chi connectivity index (χ0) is 15.0. The van der Waals surface area contributed by atoms with E-state index in [0.717, 1.165) is 33.4 Å². The van der Waals surface area contributed by atoms with E-state index < -0.39 is 9.39 Å². The highest BCUT2D eigenvalue weighted by molar-refractivity contribution is 8.27. The van der Waals surface area contributed by atoms with Crippen LogP contribution in [0.1, 0.15) is 11.1 Å². The highest BCUT2D eigenvalue weighted by Crippen LogP contribution is 2.44. The van der Waals surface area contributed by atoms with Gasteiger partial charge in [-0.05, 0) is 30.2 Å². The van der Waals surface area contributed by atoms with Gasteiger partial charge in [-0.25, -0.2) is 4.40 Å². The van der Waals surface area contributed by atoms with E-state index in [0.29, 0.717) is 0 Å². The molecular formula is C17H17ClN2S. The number of hydrogen-bond donors (Lipinski definition) is 1. The van der Waals surface area contributed by atoms with Crippen LogP contribution in [0.25, 0.3) is 0 Å². The van der Waals surface area contributed by atoms with Crippen molar-refractivity contribution in [1.29, 1.82) is 0 Å². The summed E-state index contributed by atoms with van der Waals surface area (Å²) in [7, 11) is -1.68. The van der Waals surface area contributed by atoms with Crippen LogP contribution in [0.5, 0.6) is 0 Å². The molecule has 0 fully saturated rings. The molecule has 1 heterocycles. The number of halogens is 1. The Morgan fingerprint density at radius 3 is 2.62 bits per heavy atom. The Bertz CT molecular complexity index is 821. The van der Waals surface area contributed by atoms with E-state index in [9.17, 15) is 0 Å². The molecule has 0 bridgehead atoms. The Morgan fingerprint density at radius 1 is 1.19 bits per heavy atom. The van der Waals surface area contributed by atoms with Gasteiger partial charge in [-0.15, -0.1) is 0 Å². The first-order valence-corrected chi connectivity index (χ1v) is 8.96. The molecule has 0 unspecified atom stereocenters. The molecule has 1 aliphatic rings. The van der Waals surface area contributed by atoms with Crippen molar-refractivity contribution < 1.29 is 0 Å². The van der Waals surface area contributed by atoms with Crippen molar-refractivity contribution in [2.24, 2.45) is 4.40 Å². The van der Waals surface area contributed by atoms with E-state index in [1.807, 2.05) is 37.3 Å². The molecule has 0 atom stereocenters. The fourth-order valence-corrected chi connectivity index (χ4v) is 4.08. The van der Waals surface area contributed by atoms with Crippen molar-refractivity contribution in [3.05, 3.63) is 58.6 Å². The normalized spacial score (nSPS) is 15.8. The summed E-state index contributed by atoms with van der Waals surface area (Å²) < 4.78 is 4.75. The monoisotopic (exact) mass is 316 g/mol. The average Bonchev–Trinajstić information content (AvgIpc) is 2.42. The largest absolute Gasteiger partial charge is 0.342 e. The van der Waals surface area contributed by atoms with Crippen molar-refractivity contribution >= 4 is 44.3 Å². The molecule has 0 saturated carbocycles. The first-order valence-electron chi connectivity index (χ1n) is 6.65. The molecule has 3 rings (SSSR count). The molecule has 1 N–H and O–H groups in total. The van der Waals surface area contributed by atoms with Crippen molar-refractivity contribution in [1.82, 2.24) is 0 Å². The molecule has 0 saturated heterocycles. The second-order valence-corrected chi connectivity index (χ2v) is 7.98. The summed E-state index contributed by atoms with van der Waals surface area (Å²) in [4.78, 5) is 1.06. The number of benzene rings is 2. The zero-order valence-corrected chi connectivity index (χ0v) is 13.5. The fourth-order valence-electron chi connectivity index (χ4n) is 2.37. The Balaban J connectivity index is 2.01. The highest BCUT2D eigenvalue weighted by Gasteiger charge is 2.18. The van der Waals surface area contributed by atoms with E-state index in [-0.39, 0.29) is 0 Å². The lowest BCUT2D eigenvalue weighted by atomic mass is 10.1. The minimum absolute atomic E-state index is 0.742. The average molecular weight is 317 g/mol. The minimum Gasteiger partial charge on any atom is -0.342 e. The van der Waals surface area contributed by atoms with Crippen molar-refractivity contribution in [2.45, 2.75) is 18.2 Å². The molecule has 2 aromatic rings. The highest BCUT2D eigenvalue weighted by atomic mass is 35.5. The summed E-state index contributed by atoms with van der Waals surface area (Å²) in [6.45, 7) is 1.99. The summed E-state index contributed by atoms with van der Waals surface area (Å²) in [6.07, 6.45) is 0.742. The predicted octanol–water partition coefficient (Wildman–Crippen LogP) is 4.66. The molecule has 0 radical (unpaired) electrons. The summed E-state index contributed by atoms with van der Waals surface area (Å²) in [5.41, 5.74) is 3.22. The van der Waals surface area contributed by atoms with Gasteiger partial charge < -0.3 is 5.32 Å². The minimum atomic E-state index is -1.68. The first-order chi connectivity index (χ1) is 9.95. The molecule has 4 heteroatoms. The predicted molar refractivity (Wildman–Crippen MR) is 97.5 cm³/mol. The fraction of sp³-hybridized carbons (Fsp3) is 0.118. The number of amidine groups is 1. The second-order valence-electron chi connectivity index (χ2n) is 5.27. The van der Waals surface area contributed by atoms with Crippen molar-refractivity contribution in [3.8, 4) is 0 Å². The molecular weight excluding hydrogens is 300 g/mol. The van der Waals surface area contributed by atoms with E-state index >= 15 is 0 Å². The van der Waals surface area contributed by atoms with Gasteiger partial charge in [0.15, 0.2) is 0 Å². The molecule has 0 aliphatic carbocycles. The first kappa shape index (κ1) is 14.2. The van der Waals surface area contributed by atoms with Crippen molar-refractivity contribution in [3.63, 3.8) is 0 Å². The molecule has 2 aromatic carbocycles. The number of anilines is 1. The van der Waals surface area contributed by atoms with Gasteiger partial charge in [-0.2, -0.15) is 0 Å². The van der Waals surface area contributed by atoms with Crippen LogP contribution in [0.15, 0.2) is 51.8 Å². The van der Waals surface area contributed by atoms with Gasteiger partial charge in [0.05, 0.1) is 5.69 Å². The number of hydrogen-bond acceptors (Lipinski definition) is 2. The molecule has 0 amide bonds. The van der Waals surface area contributed by atoms with Crippen LogP contribution >= 0.6 is 21.0 Å². The number of rotatable bonds is 2. The lowest BCUT2D eigenvalue weighted by molar-refractivity contribution is 1.27. The van der Waals surface area contributed by atoms with Crippen LogP contribution in [0.3, 0.4) is 0 Å². The summed E-state index contributed by atoms with van der Waals surface area (Å²) in [6, 6.07) is 14.2. The Labute approximate surface area is 131 Å². The van der Waals surface area contributed by atoms with Gasteiger partial charge in [-0.1, -0.05) is 63.1 Å². The van der Waals surface area contributed by atoms with Crippen LogP contribution in [-0.2, 0) is 6.42 Å². The third kappa shape index (κ3) is 2.85. The topological polar surface area (TPSA) is 24.4 Å². The quantitative estimate of drug-likeness (QED) is 0.801. The van der Waals surface area contributed by atoms with Crippen LogP contribution < -0.4 is 5.32 Å². The van der Waals surface area contributed by atoms with Gasteiger partial charge >= 0.3 is 0 Å². The Kier molecular flexibility index (Phi) is 3.56. The van der Waals surface area contributed by atoms with Crippen LogP contribution in [0.2, 0.25) is 5.02 Å². The number of aryl methyl sites for hydroxylation is 1. The van der Waals surface area contributed by atoms with Gasteiger partial charge in [-0.3, -0.25) is 0 Å². The summed E-state index contributed by atoms with van der Waals surface area (Å²) in [5, 5.41) is 4.12. The Hall–Kier alpha value is -1.71. The van der Waals surface area contributed by atoms with E-state index in [1.165, 1.54) is 5.56 Å². The van der Waals surface area contributed by atoms with Crippen LogP contribution in [0.4, 0.5) is 5.69 Å². The third-order valence-electron chi connectivity index (χ3n) is 3.45. The van der Waals surface area contributed by atoms with Gasteiger partial charge in [0, 0.05) is 16.3 Å². The lowest BCUT2D eigenvalue weighted by Gasteiger charge is -2.25.